The topological polar surface area (TPSA) is 56.0 Å². The zero-order valence-electron chi connectivity index (χ0n) is 10.7. The third-order valence-electron chi connectivity index (χ3n) is 4.37. The van der Waals surface area contributed by atoms with Gasteiger partial charge in [0.15, 0.2) is 0 Å². The molecule has 0 aromatic heterocycles. The van der Waals surface area contributed by atoms with Crippen molar-refractivity contribution in [1.82, 2.24) is 5.32 Å². The number of rotatable bonds is 1. The molecule has 0 spiro atoms. The van der Waals surface area contributed by atoms with Crippen LogP contribution in [-0.2, 0) is 5.60 Å². The predicted octanol–water partition coefficient (Wildman–Crippen LogP) is 2.19. The second kappa shape index (κ2) is 4.59. The largest absolute Gasteiger partial charge is 0.385 e. The second-order valence-corrected chi connectivity index (χ2v) is 5.74. The van der Waals surface area contributed by atoms with E-state index in [-0.39, 0.29) is 5.56 Å². The van der Waals surface area contributed by atoms with Gasteiger partial charge in [0, 0.05) is 12.1 Å². The monoisotopic (exact) mass is 260 g/mol. The van der Waals surface area contributed by atoms with E-state index in [0.29, 0.717) is 30.5 Å². The SMILES string of the molecule is N#Cc1ccc(C2(O)CC3CCCC(C2)N3)cc1F. The first-order chi connectivity index (χ1) is 9.10. The summed E-state index contributed by atoms with van der Waals surface area (Å²) in [6, 6.07) is 6.90. The first kappa shape index (κ1) is 12.6. The third-order valence-corrected chi connectivity index (χ3v) is 4.37. The standard InChI is InChI=1S/C15H17FN2O/c16-14-6-11(5-4-10(14)9-17)15(19)7-12-2-1-3-13(8-15)18-12/h4-6,12-13,18-19H,1-3,7-8H2. The molecule has 0 amide bonds. The van der Waals surface area contributed by atoms with Crippen LogP contribution in [0, 0.1) is 17.1 Å². The molecule has 4 heteroatoms. The molecular formula is C15H17FN2O. The Morgan fingerprint density at radius 1 is 1.32 bits per heavy atom. The Labute approximate surface area is 112 Å². The molecule has 0 saturated carbocycles. The highest BCUT2D eigenvalue weighted by molar-refractivity contribution is 5.36. The first-order valence-electron chi connectivity index (χ1n) is 6.79. The molecule has 19 heavy (non-hydrogen) atoms. The maximum atomic E-state index is 13.7. The van der Waals surface area contributed by atoms with Gasteiger partial charge in [0.1, 0.15) is 11.9 Å². The highest BCUT2D eigenvalue weighted by Gasteiger charge is 2.41. The fourth-order valence-electron chi connectivity index (χ4n) is 3.46. The Balaban J connectivity index is 1.92. The molecule has 2 heterocycles. The molecule has 2 N–H and O–H groups in total. The van der Waals surface area contributed by atoms with Crippen LogP contribution in [0.4, 0.5) is 4.39 Å². The highest BCUT2D eigenvalue weighted by atomic mass is 19.1. The van der Waals surface area contributed by atoms with E-state index in [2.05, 4.69) is 5.32 Å². The maximum absolute atomic E-state index is 13.7. The molecule has 2 aliphatic heterocycles. The predicted molar refractivity (Wildman–Crippen MR) is 68.8 cm³/mol. The maximum Gasteiger partial charge on any atom is 0.141 e. The van der Waals surface area contributed by atoms with E-state index >= 15 is 0 Å². The van der Waals surface area contributed by atoms with Gasteiger partial charge in [-0.3, -0.25) is 0 Å². The van der Waals surface area contributed by atoms with Gasteiger partial charge >= 0.3 is 0 Å². The van der Waals surface area contributed by atoms with Crippen LogP contribution >= 0.6 is 0 Å². The molecule has 3 nitrogen and oxygen atoms in total. The number of benzene rings is 1. The number of fused-ring (bicyclic) bond motifs is 2. The molecule has 0 aliphatic carbocycles. The Kier molecular flexibility index (Phi) is 3.04. The van der Waals surface area contributed by atoms with E-state index in [1.165, 1.54) is 18.6 Å². The third kappa shape index (κ3) is 2.24. The number of aliphatic hydroxyl groups is 1. The lowest BCUT2D eigenvalue weighted by Gasteiger charge is -2.45. The second-order valence-electron chi connectivity index (χ2n) is 5.74. The molecule has 2 unspecified atom stereocenters. The first-order valence-corrected chi connectivity index (χ1v) is 6.79. The molecule has 2 bridgehead atoms. The molecule has 3 rings (SSSR count). The lowest BCUT2D eigenvalue weighted by molar-refractivity contribution is -0.0360. The summed E-state index contributed by atoms with van der Waals surface area (Å²) < 4.78 is 13.7. The van der Waals surface area contributed by atoms with Crippen molar-refractivity contribution in [2.45, 2.75) is 49.8 Å². The van der Waals surface area contributed by atoms with E-state index in [1.807, 2.05) is 6.07 Å². The molecule has 2 fully saturated rings. The molecule has 2 aliphatic rings. The average molecular weight is 260 g/mol. The number of nitriles is 1. The van der Waals surface area contributed by atoms with Crippen LogP contribution in [-0.4, -0.2) is 17.2 Å². The Morgan fingerprint density at radius 2 is 2.00 bits per heavy atom. The summed E-state index contributed by atoms with van der Waals surface area (Å²) in [7, 11) is 0. The normalized spacial score (nSPS) is 33.7. The Hall–Kier alpha value is -1.44. The number of hydrogen-bond donors (Lipinski definition) is 2. The average Bonchev–Trinajstić information content (AvgIpc) is 2.38. The van der Waals surface area contributed by atoms with Crippen molar-refractivity contribution in [2.24, 2.45) is 0 Å². The van der Waals surface area contributed by atoms with E-state index in [1.54, 1.807) is 6.07 Å². The van der Waals surface area contributed by atoms with Crippen molar-refractivity contribution in [3.63, 3.8) is 0 Å². The van der Waals surface area contributed by atoms with E-state index in [0.717, 1.165) is 12.8 Å². The quantitative estimate of drug-likeness (QED) is 0.813. The van der Waals surface area contributed by atoms with Gasteiger partial charge < -0.3 is 10.4 Å². The smallest absolute Gasteiger partial charge is 0.141 e. The minimum absolute atomic E-state index is 0.0291. The van der Waals surface area contributed by atoms with Gasteiger partial charge in [0.25, 0.3) is 0 Å². The summed E-state index contributed by atoms with van der Waals surface area (Å²) in [4.78, 5) is 0. The highest BCUT2D eigenvalue weighted by Crippen LogP contribution is 2.39. The molecule has 1 aromatic carbocycles. The zero-order chi connectivity index (χ0) is 13.5. The van der Waals surface area contributed by atoms with Gasteiger partial charge in [0.05, 0.1) is 11.2 Å². The van der Waals surface area contributed by atoms with Gasteiger partial charge in [-0.25, -0.2) is 4.39 Å². The van der Waals surface area contributed by atoms with Gasteiger partial charge in [-0.1, -0.05) is 12.5 Å². The van der Waals surface area contributed by atoms with E-state index < -0.39 is 11.4 Å². The van der Waals surface area contributed by atoms with Crippen molar-refractivity contribution < 1.29 is 9.50 Å². The van der Waals surface area contributed by atoms with Gasteiger partial charge in [-0.05, 0) is 43.4 Å². The molecule has 0 radical (unpaired) electrons. The molecular weight excluding hydrogens is 243 g/mol. The molecule has 100 valence electrons. The molecule has 1 aromatic rings. The number of halogens is 1. The van der Waals surface area contributed by atoms with Crippen molar-refractivity contribution >= 4 is 0 Å². The summed E-state index contributed by atoms with van der Waals surface area (Å²) >= 11 is 0. The minimum atomic E-state index is -0.962. The van der Waals surface area contributed by atoms with Gasteiger partial charge in [-0.2, -0.15) is 5.26 Å². The van der Waals surface area contributed by atoms with Crippen LogP contribution < -0.4 is 5.32 Å². The van der Waals surface area contributed by atoms with Gasteiger partial charge in [0.2, 0.25) is 0 Å². The summed E-state index contributed by atoms with van der Waals surface area (Å²) in [5, 5.41) is 23.1. The number of hydrogen-bond acceptors (Lipinski definition) is 3. The number of nitrogens with one attached hydrogen (secondary N) is 1. The summed E-state index contributed by atoms with van der Waals surface area (Å²) in [5.41, 5.74) is -0.334. The van der Waals surface area contributed by atoms with Crippen LogP contribution in [0.25, 0.3) is 0 Å². The van der Waals surface area contributed by atoms with Crippen LogP contribution in [0.15, 0.2) is 18.2 Å². The molecule has 2 saturated heterocycles. The van der Waals surface area contributed by atoms with Crippen LogP contribution in [0.1, 0.15) is 43.2 Å². The minimum Gasteiger partial charge on any atom is -0.385 e. The summed E-state index contributed by atoms with van der Waals surface area (Å²) in [6.45, 7) is 0. The fraction of sp³-hybridized carbons (Fsp3) is 0.533. The summed E-state index contributed by atoms with van der Waals surface area (Å²) in [6.07, 6.45) is 4.57. The number of piperidine rings is 2. The van der Waals surface area contributed by atoms with Crippen molar-refractivity contribution in [3.8, 4) is 6.07 Å². The lowest BCUT2D eigenvalue weighted by Crippen LogP contribution is -2.54. The van der Waals surface area contributed by atoms with Crippen molar-refractivity contribution in [3.05, 3.63) is 35.1 Å². The van der Waals surface area contributed by atoms with Crippen LogP contribution in [0.5, 0.6) is 0 Å². The van der Waals surface area contributed by atoms with Gasteiger partial charge in [-0.15, -0.1) is 0 Å². The van der Waals surface area contributed by atoms with Crippen molar-refractivity contribution in [1.29, 1.82) is 5.26 Å². The Morgan fingerprint density at radius 3 is 2.58 bits per heavy atom. The van der Waals surface area contributed by atoms with Crippen LogP contribution in [0.2, 0.25) is 0 Å². The number of nitrogens with zero attached hydrogens (tertiary/aromatic N) is 1. The summed E-state index contributed by atoms with van der Waals surface area (Å²) in [5.74, 6) is -0.544. The molecule has 2 atom stereocenters. The van der Waals surface area contributed by atoms with Crippen LogP contribution in [0.3, 0.4) is 0 Å². The fourth-order valence-corrected chi connectivity index (χ4v) is 3.46. The van der Waals surface area contributed by atoms with Crippen molar-refractivity contribution in [2.75, 3.05) is 0 Å². The zero-order valence-corrected chi connectivity index (χ0v) is 10.7. The lowest BCUT2D eigenvalue weighted by atomic mass is 9.74. The van der Waals surface area contributed by atoms with E-state index in [9.17, 15) is 9.50 Å². The van der Waals surface area contributed by atoms with E-state index in [4.69, 9.17) is 5.26 Å². The Bertz CT molecular complexity index is 525.